The highest BCUT2D eigenvalue weighted by Crippen LogP contribution is 2.34. The number of nitrogens with zero attached hydrogens (tertiary/aromatic N) is 4. The van der Waals surface area contributed by atoms with Crippen molar-refractivity contribution < 1.29 is 17.6 Å². The molecule has 2 aromatic heterocycles. The number of rotatable bonds is 4. The number of hydrogen-bond donors (Lipinski definition) is 2. The summed E-state index contributed by atoms with van der Waals surface area (Å²) >= 11 is 7.09. The molecule has 2 atom stereocenters. The van der Waals surface area contributed by atoms with Gasteiger partial charge in [0.05, 0.1) is 34.2 Å². The molecule has 1 amide bonds. The van der Waals surface area contributed by atoms with E-state index in [2.05, 4.69) is 20.0 Å². The zero-order chi connectivity index (χ0) is 22.3. The predicted octanol–water partition coefficient (Wildman–Crippen LogP) is 2.55. The lowest BCUT2D eigenvalue weighted by Gasteiger charge is -2.35. The van der Waals surface area contributed by atoms with Crippen LogP contribution in [-0.4, -0.2) is 46.3 Å². The summed E-state index contributed by atoms with van der Waals surface area (Å²) < 4.78 is 44.0. The summed E-state index contributed by atoms with van der Waals surface area (Å²) in [4.78, 5) is 22.1. The molecule has 1 aliphatic rings. The highest BCUT2D eigenvalue weighted by Gasteiger charge is 2.41. The van der Waals surface area contributed by atoms with Gasteiger partial charge in [0, 0.05) is 26.0 Å². The summed E-state index contributed by atoms with van der Waals surface area (Å²) in [6.45, 7) is 0. The number of aromatic nitrogens is 3. The lowest BCUT2D eigenvalue weighted by molar-refractivity contribution is -0.120. The fourth-order valence-electron chi connectivity index (χ4n) is 3.23. The van der Waals surface area contributed by atoms with Gasteiger partial charge in [-0.05, 0) is 24.6 Å². The van der Waals surface area contributed by atoms with Gasteiger partial charge in [0.15, 0.2) is 0 Å². The summed E-state index contributed by atoms with van der Waals surface area (Å²) in [6, 6.07) is 2.07. The number of benzene rings is 1. The maximum absolute atomic E-state index is 13.4. The van der Waals surface area contributed by atoms with Crippen LogP contribution in [0.3, 0.4) is 0 Å². The van der Waals surface area contributed by atoms with Gasteiger partial charge in [-0.25, -0.2) is 14.4 Å². The molecule has 0 saturated carbocycles. The van der Waals surface area contributed by atoms with Gasteiger partial charge in [-0.1, -0.05) is 11.6 Å². The second kappa shape index (κ2) is 8.28. The number of halogens is 2. The van der Waals surface area contributed by atoms with Crippen molar-refractivity contribution >= 4 is 44.7 Å². The molecular formula is C18H18ClFN6O3S2. The number of imidazole rings is 1. The summed E-state index contributed by atoms with van der Waals surface area (Å²) in [5.41, 5.74) is 1.12. The zero-order valence-electron chi connectivity index (χ0n) is 16.4. The van der Waals surface area contributed by atoms with Gasteiger partial charge in [0.25, 0.3) is 10.2 Å². The molecule has 1 aliphatic heterocycles. The molecule has 3 heterocycles. The van der Waals surface area contributed by atoms with Crippen LogP contribution in [0.1, 0.15) is 17.5 Å². The van der Waals surface area contributed by atoms with Crippen LogP contribution >= 0.6 is 22.9 Å². The first-order valence-electron chi connectivity index (χ1n) is 9.09. The fourth-order valence-corrected chi connectivity index (χ4v) is 5.78. The number of carbonyl (C=O) groups is 1. The minimum absolute atomic E-state index is 0.146. The van der Waals surface area contributed by atoms with Crippen molar-refractivity contribution in [2.45, 2.75) is 18.5 Å². The highest BCUT2D eigenvalue weighted by atomic mass is 35.5. The van der Waals surface area contributed by atoms with Crippen LogP contribution in [0, 0.1) is 5.82 Å². The Bertz CT molecular complexity index is 1240. The first-order chi connectivity index (χ1) is 14.7. The van der Waals surface area contributed by atoms with Gasteiger partial charge in [-0.3, -0.25) is 4.79 Å². The van der Waals surface area contributed by atoms with Crippen LogP contribution in [-0.2, 0) is 22.1 Å². The van der Waals surface area contributed by atoms with E-state index in [0.29, 0.717) is 5.01 Å². The standard InChI is InChI=1S/C18H18ClFN6O3S2/c1-25-9-21-7-15(25)16-8-22-18(30-16)13-6-14(26(2)31(28,29)24-13)17(27)23-10-3-4-12(20)11(19)5-10/h3-5,7-9,13-14,24H,6H2,1-2H3,(H,23,27)/t13-,14+/m1/s1. The summed E-state index contributed by atoms with van der Waals surface area (Å²) in [7, 11) is -0.755. The monoisotopic (exact) mass is 484 g/mol. The van der Waals surface area contributed by atoms with Gasteiger partial charge in [-0.2, -0.15) is 17.4 Å². The number of nitrogens with one attached hydrogen (secondary N) is 2. The molecule has 0 radical (unpaired) electrons. The summed E-state index contributed by atoms with van der Waals surface area (Å²) in [5.74, 6) is -1.17. The molecule has 4 rings (SSSR count). The number of anilines is 1. The van der Waals surface area contributed by atoms with Crippen LogP contribution in [0.25, 0.3) is 10.6 Å². The predicted molar refractivity (Wildman–Crippen MR) is 115 cm³/mol. The highest BCUT2D eigenvalue weighted by molar-refractivity contribution is 7.87. The van der Waals surface area contributed by atoms with E-state index in [9.17, 15) is 17.6 Å². The Kier molecular flexibility index (Phi) is 5.83. The average Bonchev–Trinajstić information content (AvgIpc) is 3.35. The molecule has 0 spiro atoms. The first kappa shape index (κ1) is 21.8. The maximum atomic E-state index is 13.4. The number of hydrogen-bond acceptors (Lipinski definition) is 6. The summed E-state index contributed by atoms with van der Waals surface area (Å²) in [6.07, 6.45) is 5.17. The number of carbonyl (C=O) groups excluding carboxylic acids is 1. The van der Waals surface area contributed by atoms with Crippen molar-refractivity contribution in [1.29, 1.82) is 0 Å². The van der Waals surface area contributed by atoms with E-state index < -0.39 is 34.0 Å². The van der Waals surface area contributed by atoms with Gasteiger partial charge in [0.1, 0.15) is 16.9 Å². The smallest absolute Gasteiger partial charge is 0.280 e. The van der Waals surface area contributed by atoms with Crippen molar-refractivity contribution in [3.63, 3.8) is 0 Å². The number of likely N-dealkylation sites (N-methyl/N-ethyl adjacent to an activating group) is 1. The number of aryl methyl sites for hydroxylation is 1. The van der Waals surface area contributed by atoms with E-state index >= 15 is 0 Å². The fraction of sp³-hybridized carbons (Fsp3) is 0.278. The third kappa shape index (κ3) is 4.34. The van der Waals surface area contributed by atoms with Crippen LogP contribution < -0.4 is 10.0 Å². The molecule has 0 aliphatic carbocycles. The van der Waals surface area contributed by atoms with Crippen molar-refractivity contribution in [3.8, 4) is 10.6 Å². The molecule has 13 heteroatoms. The minimum Gasteiger partial charge on any atom is -0.333 e. The average molecular weight is 485 g/mol. The van der Waals surface area contributed by atoms with Gasteiger partial charge in [-0.15, -0.1) is 11.3 Å². The second-order valence-electron chi connectivity index (χ2n) is 7.01. The first-order valence-corrected chi connectivity index (χ1v) is 11.7. The van der Waals surface area contributed by atoms with E-state index in [0.717, 1.165) is 20.9 Å². The second-order valence-corrected chi connectivity index (χ2v) is 10.2. The Balaban J connectivity index is 1.58. The zero-order valence-corrected chi connectivity index (χ0v) is 18.8. The normalized spacial score (nSPS) is 21.2. The Morgan fingerprint density at radius 1 is 1.35 bits per heavy atom. The van der Waals surface area contributed by atoms with Crippen LogP contribution in [0.4, 0.5) is 10.1 Å². The SMILES string of the molecule is CN1[C@H](C(=O)Nc2ccc(F)c(Cl)c2)C[C@H](c2ncc(-c3cncn3C)s2)NS1(=O)=O. The van der Waals surface area contributed by atoms with Crippen LogP contribution in [0.5, 0.6) is 0 Å². The molecule has 9 nitrogen and oxygen atoms in total. The molecule has 1 fully saturated rings. The Hall–Kier alpha value is -2.38. The molecule has 0 unspecified atom stereocenters. The third-order valence-corrected chi connectivity index (χ3v) is 7.97. The Morgan fingerprint density at radius 2 is 2.13 bits per heavy atom. The Labute approximate surface area is 187 Å². The van der Waals surface area contributed by atoms with Crippen molar-refractivity contribution in [2.24, 2.45) is 7.05 Å². The molecule has 2 N–H and O–H groups in total. The molecule has 1 saturated heterocycles. The third-order valence-electron chi connectivity index (χ3n) is 4.95. The maximum Gasteiger partial charge on any atom is 0.280 e. The van der Waals surface area contributed by atoms with Crippen LogP contribution in [0.15, 0.2) is 36.9 Å². The van der Waals surface area contributed by atoms with E-state index in [-0.39, 0.29) is 17.1 Å². The van der Waals surface area contributed by atoms with E-state index in [1.54, 1.807) is 18.7 Å². The van der Waals surface area contributed by atoms with E-state index in [1.165, 1.54) is 30.5 Å². The molecule has 3 aromatic rings. The van der Waals surface area contributed by atoms with Gasteiger partial charge < -0.3 is 9.88 Å². The summed E-state index contributed by atoms with van der Waals surface area (Å²) in [5, 5.41) is 2.99. The van der Waals surface area contributed by atoms with Gasteiger partial charge >= 0.3 is 0 Å². The molecule has 1 aromatic carbocycles. The number of thiazole rings is 1. The largest absolute Gasteiger partial charge is 0.333 e. The van der Waals surface area contributed by atoms with Crippen LogP contribution in [0.2, 0.25) is 5.02 Å². The lowest BCUT2D eigenvalue weighted by atomic mass is 10.1. The quantitative estimate of drug-likeness (QED) is 0.591. The molecule has 164 valence electrons. The van der Waals surface area contributed by atoms with E-state index in [4.69, 9.17) is 11.6 Å². The molecule has 0 bridgehead atoms. The topological polar surface area (TPSA) is 109 Å². The molecule has 31 heavy (non-hydrogen) atoms. The van der Waals surface area contributed by atoms with Gasteiger partial charge in [0.2, 0.25) is 5.91 Å². The minimum atomic E-state index is -3.93. The van der Waals surface area contributed by atoms with Crippen molar-refractivity contribution in [2.75, 3.05) is 12.4 Å². The van der Waals surface area contributed by atoms with Crippen molar-refractivity contribution in [3.05, 3.63) is 52.8 Å². The number of amides is 1. The molecular weight excluding hydrogens is 467 g/mol. The Morgan fingerprint density at radius 3 is 2.81 bits per heavy atom. The van der Waals surface area contributed by atoms with E-state index in [1.807, 2.05) is 11.6 Å². The lowest BCUT2D eigenvalue weighted by Crippen LogP contribution is -2.55. The van der Waals surface area contributed by atoms with Crippen molar-refractivity contribution in [1.82, 2.24) is 23.6 Å².